The van der Waals surface area contributed by atoms with Gasteiger partial charge in [-0.3, -0.25) is 9.59 Å². The molecule has 1 aliphatic rings. The van der Waals surface area contributed by atoms with Crippen LogP contribution < -0.4 is 5.32 Å². The number of rotatable bonds is 6. The van der Waals surface area contributed by atoms with Crippen molar-refractivity contribution in [2.75, 3.05) is 18.9 Å². The molecule has 2 aromatic rings. The van der Waals surface area contributed by atoms with E-state index in [9.17, 15) is 9.59 Å². The number of anilines is 1. The number of amides is 2. The van der Waals surface area contributed by atoms with Crippen LogP contribution in [0.1, 0.15) is 28.1 Å². The summed E-state index contributed by atoms with van der Waals surface area (Å²) in [4.78, 5) is 26.6. The van der Waals surface area contributed by atoms with E-state index in [4.69, 9.17) is 0 Å². The van der Waals surface area contributed by atoms with Crippen molar-refractivity contribution in [1.29, 1.82) is 0 Å². The van der Waals surface area contributed by atoms with Crippen molar-refractivity contribution in [2.45, 2.75) is 19.3 Å². The summed E-state index contributed by atoms with van der Waals surface area (Å²) >= 11 is 4.76. The van der Waals surface area contributed by atoms with Crippen LogP contribution in [0.5, 0.6) is 0 Å². The second-order valence-corrected chi connectivity index (χ2v) is 8.03. The Labute approximate surface area is 154 Å². The van der Waals surface area contributed by atoms with Crippen LogP contribution in [-0.2, 0) is 11.2 Å². The van der Waals surface area contributed by atoms with E-state index in [0.717, 1.165) is 28.7 Å². The van der Waals surface area contributed by atoms with Crippen molar-refractivity contribution >= 4 is 44.1 Å². The Morgan fingerprint density at radius 2 is 1.92 bits per heavy atom. The van der Waals surface area contributed by atoms with E-state index in [0.29, 0.717) is 11.4 Å². The molecule has 0 saturated heterocycles. The first kappa shape index (κ1) is 17.2. The van der Waals surface area contributed by atoms with Crippen LogP contribution in [0.3, 0.4) is 0 Å². The molecule has 0 aliphatic heterocycles. The fourth-order valence-electron chi connectivity index (χ4n) is 2.33. The first-order valence-electron chi connectivity index (χ1n) is 7.93. The Morgan fingerprint density at radius 3 is 2.58 bits per heavy atom. The first-order chi connectivity index (χ1) is 11.5. The maximum Gasteiger partial charge on any atom is 0.263 e. The standard InChI is InChI=1S/C18H19BrN2O2S/c1-21(11-10-12-2-6-14(19)7-3-12)18(23)15-8-9-16(24-15)20-17(22)13-4-5-13/h2-3,6-9,13H,4-5,10-11H2,1H3,(H,20,22). The molecular formula is C18H19BrN2O2S. The van der Waals surface area contributed by atoms with Gasteiger partial charge in [0.15, 0.2) is 0 Å². The zero-order valence-corrected chi connectivity index (χ0v) is 15.8. The van der Waals surface area contributed by atoms with Gasteiger partial charge in [-0.15, -0.1) is 11.3 Å². The number of nitrogens with one attached hydrogen (secondary N) is 1. The summed E-state index contributed by atoms with van der Waals surface area (Å²) < 4.78 is 1.05. The van der Waals surface area contributed by atoms with E-state index in [2.05, 4.69) is 33.4 Å². The number of thiophene rings is 1. The zero-order chi connectivity index (χ0) is 17.1. The molecule has 1 aliphatic carbocycles. The molecule has 6 heteroatoms. The number of carbonyl (C=O) groups excluding carboxylic acids is 2. The van der Waals surface area contributed by atoms with Gasteiger partial charge in [-0.05, 0) is 49.1 Å². The normalized spacial score (nSPS) is 13.6. The molecule has 0 bridgehead atoms. The summed E-state index contributed by atoms with van der Waals surface area (Å²) in [5, 5.41) is 3.63. The van der Waals surface area contributed by atoms with Gasteiger partial charge in [-0.2, -0.15) is 0 Å². The minimum atomic E-state index is -0.0102. The molecule has 1 saturated carbocycles. The third-order valence-electron chi connectivity index (χ3n) is 4.01. The summed E-state index contributed by atoms with van der Waals surface area (Å²) in [6, 6.07) is 11.7. The maximum absolute atomic E-state index is 12.5. The van der Waals surface area contributed by atoms with Gasteiger partial charge in [0.1, 0.15) is 0 Å². The topological polar surface area (TPSA) is 49.4 Å². The van der Waals surface area contributed by atoms with Crippen molar-refractivity contribution in [3.63, 3.8) is 0 Å². The lowest BCUT2D eigenvalue weighted by Crippen LogP contribution is -2.28. The van der Waals surface area contributed by atoms with Crippen LogP contribution in [0.2, 0.25) is 0 Å². The molecule has 4 nitrogen and oxygen atoms in total. The predicted molar refractivity (Wildman–Crippen MR) is 100 cm³/mol. The van der Waals surface area contributed by atoms with Crippen molar-refractivity contribution < 1.29 is 9.59 Å². The van der Waals surface area contributed by atoms with Gasteiger partial charge in [-0.25, -0.2) is 0 Å². The molecule has 0 spiro atoms. The maximum atomic E-state index is 12.5. The molecular weight excluding hydrogens is 388 g/mol. The number of hydrogen-bond acceptors (Lipinski definition) is 3. The van der Waals surface area contributed by atoms with E-state index < -0.39 is 0 Å². The lowest BCUT2D eigenvalue weighted by atomic mass is 10.1. The second-order valence-electron chi connectivity index (χ2n) is 6.03. The molecule has 1 N–H and O–H groups in total. The third kappa shape index (κ3) is 4.45. The number of likely N-dealkylation sites (N-methyl/N-ethyl adjacent to an activating group) is 1. The SMILES string of the molecule is CN(CCc1ccc(Br)cc1)C(=O)c1ccc(NC(=O)C2CC2)s1. The summed E-state index contributed by atoms with van der Waals surface area (Å²) in [6.45, 7) is 0.655. The minimum Gasteiger partial charge on any atom is -0.341 e. The molecule has 126 valence electrons. The van der Waals surface area contributed by atoms with Crippen LogP contribution in [0.4, 0.5) is 5.00 Å². The van der Waals surface area contributed by atoms with Gasteiger partial charge < -0.3 is 10.2 Å². The van der Waals surface area contributed by atoms with E-state index in [-0.39, 0.29) is 17.7 Å². The van der Waals surface area contributed by atoms with Gasteiger partial charge in [-0.1, -0.05) is 28.1 Å². The molecule has 0 unspecified atom stereocenters. The van der Waals surface area contributed by atoms with E-state index in [1.165, 1.54) is 16.9 Å². The average Bonchev–Trinajstić information content (AvgIpc) is 3.33. The Hall–Kier alpha value is -1.66. The molecule has 1 heterocycles. The highest BCUT2D eigenvalue weighted by Gasteiger charge is 2.30. The number of hydrogen-bond donors (Lipinski definition) is 1. The molecule has 0 radical (unpaired) electrons. The summed E-state index contributed by atoms with van der Waals surface area (Å²) in [5.74, 6) is 0.225. The predicted octanol–water partition coefficient (Wildman–Crippen LogP) is 4.17. The highest BCUT2D eigenvalue weighted by atomic mass is 79.9. The molecule has 1 aromatic carbocycles. The summed E-state index contributed by atoms with van der Waals surface area (Å²) in [6.07, 6.45) is 2.76. The number of benzene rings is 1. The van der Waals surface area contributed by atoms with Crippen LogP contribution in [0, 0.1) is 5.92 Å². The largest absolute Gasteiger partial charge is 0.341 e. The lowest BCUT2D eigenvalue weighted by Gasteiger charge is -2.16. The molecule has 1 aromatic heterocycles. The fraction of sp³-hybridized carbons (Fsp3) is 0.333. The zero-order valence-electron chi connectivity index (χ0n) is 13.4. The van der Waals surface area contributed by atoms with Gasteiger partial charge in [0.25, 0.3) is 5.91 Å². The van der Waals surface area contributed by atoms with Gasteiger partial charge in [0, 0.05) is 24.0 Å². The number of nitrogens with zero attached hydrogens (tertiary/aromatic N) is 1. The Kier molecular flexibility index (Phi) is 5.36. The fourth-order valence-corrected chi connectivity index (χ4v) is 3.49. The van der Waals surface area contributed by atoms with E-state index in [1.54, 1.807) is 17.0 Å². The smallest absolute Gasteiger partial charge is 0.263 e. The first-order valence-corrected chi connectivity index (χ1v) is 9.54. The van der Waals surface area contributed by atoms with E-state index in [1.807, 2.05) is 19.2 Å². The van der Waals surface area contributed by atoms with E-state index >= 15 is 0 Å². The van der Waals surface area contributed by atoms with Crippen molar-refractivity contribution in [3.05, 3.63) is 51.3 Å². The molecule has 0 atom stereocenters. The Bertz CT molecular complexity index is 738. The number of halogens is 1. The van der Waals surface area contributed by atoms with Gasteiger partial charge in [0.2, 0.25) is 5.91 Å². The second kappa shape index (κ2) is 7.49. The monoisotopic (exact) mass is 406 g/mol. The Balaban J connectivity index is 1.53. The molecule has 3 rings (SSSR count). The van der Waals surface area contributed by atoms with Crippen LogP contribution >= 0.6 is 27.3 Å². The van der Waals surface area contributed by atoms with Crippen LogP contribution in [0.25, 0.3) is 0 Å². The van der Waals surface area contributed by atoms with Gasteiger partial charge in [0.05, 0.1) is 9.88 Å². The third-order valence-corrected chi connectivity index (χ3v) is 5.52. The molecule has 2 amide bonds. The highest BCUT2D eigenvalue weighted by molar-refractivity contribution is 9.10. The summed E-state index contributed by atoms with van der Waals surface area (Å²) in [5.41, 5.74) is 1.20. The minimum absolute atomic E-state index is 0.0102. The highest BCUT2D eigenvalue weighted by Crippen LogP contribution is 2.31. The van der Waals surface area contributed by atoms with Crippen LogP contribution in [0.15, 0.2) is 40.9 Å². The molecule has 1 fully saturated rings. The lowest BCUT2D eigenvalue weighted by molar-refractivity contribution is -0.117. The summed E-state index contributed by atoms with van der Waals surface area (Å²) in [7, 11) is 1.81. The van der Waals surface area contributed by atoms with Crippen molar-refractivity contribution in [2.24, 2.45) is 5.92 Å². The van der Waals surface area contributed by atoms with Crippen molar-refractivity contribution in [3.8, 4) is 0 Å². The molecule has 24 heavy (non-hydrogen) atoms. The Morgan fingerprint density at radius 1 is 1.21 bits per heavy atom. The van der Waals surface area contributed by atoms with Gasteiger partial charge >= 0.3 is 0 Å². The number of carbonyl (C=O) groups is 2. The van der Waals surface area contributed by atoms with Crippen molar-refractivity contribution in [1.82, 2.24) is 4.90 Å². The van der Waals surface area contributed by atoms with Crippen LogP contribution in [-0.4, -0.2) is 30.3 Å². The quantitative estimate of drug-likeness (QED) is 0.781. The average molecular weight is 407 g/mol.